The van der Waals surface area contributed by atoms with Gasteiger partial charge in [-0.15, -0.1) is 0 Å². The normalized spacial score (nSPS) is 12.8. The van der Waals surface area contributed by atoms with Gasteiger partial charge in [0.25, 0.3) is 0 Å². The first-order valence-corrected chi connectivity index (χ1v) is 4.05. The molecule has 0 saturated carbocycles. The Bertz CT molecular complexity index is 210. The topological polar surface area (TPSA) is 32.3 Å². The van der Waals surface area contributed by atoms with Gasteiger partial charge in [-0.1, -0.05) is 30.3 Å². The Balaban J connectivity index is 2.41. The van der Waals surface area contributed by atoms with Crippen molar-refractivity contribution in [3.63, 3.8) is 0 Å². The quantitative estimate of drug-likeness (QED) is 0.690. The lowest BCUT2D eigenvalue weighted by Gasteiger charge is -2.08. The van der Waals surface area contributed by atoms with Gasteiger partial charge in [0.1, 0.15) is 0 Å². The fourth-order valence-electron chi connectivity index (χ4n) is 1.05. The lowest BCUT2D eigenvalue weighted by atomic mass is 10.1. The molecule has 0 amide bonds. The summed E-state index contributed by atoms with van der Waals surface area (Å²) in [5, 5.41) is 12.3. The van der Waals surface area contributed by atoms with Crippen molar-refractivity contribution in [2.24, 2.45) is 0 Å². The van der Waals surface area contributed by atoms with Crippen molar-refractivity contribution in [3.8, 4) is 0 Å². The molecule has 0 aromatic heterocycles. The smallest absolute Gasteiger partial charge is 0.0739 e. The molecule has 0 fully saturated rings. The zero-order valence-corrected chi connectivity index (χ0v) is 7.20. The molecule has 0 heterocycles. The Labute approximate surface area is 73.2 Å². The molecule has 1 radical (unpaired) electrons. The maximum absolute atomic E-state index is 9.38. The molecule has 1 rings (SSSR count). The molecule has 0 bridgehead atoms. The van der Waals surface area contributed by atoms with Crippen LogP contribution in [0.25, 0.3) is 0 Å². The maximum atomic E-state index is 9.38. The Morgan fingerprint density at radius 3 is 2.67 bits per heavy atom. The molecule has 1 unspecified atom stereocenters. The molecule has 2 N–H and O–H groups in total. The van der Waals surface area contributed by atoms with Crippen molar-refractivity contribution < 1.29 is 5.11 Å². The van der Waals surface area contributed by atoms with Gasteiger partial charge in [-0.3, -0.25) is 0 Å². The molecule has 2 nitrogen and oxygen atoms in total. The van der Waals surface area contributed by atoms with E-state index >= 15 is 0 Å². The van der Waals surface area contributed by atoms with E-state index in [0.29, 0.717) is 6.54 Å². The van der Waals surface area contributed by atoms with Crippen molar-refractivity contribution in [1.29, 1.82) is 0 Å². The Hall–Kier alpha value is -0.860. The summed E-state index contributed by atoms with van der Waals surface area (Å²) in [6.07, 6.45) is 1.42. The molecule has 1 aromatic rings. The Morgan fingerprint density at radius 1 is 1.42 bits per heavy atom. The number of aliphatic hydroxyl groups excluding tert-OH is 1. The van der Waals surface area contributed by atoms with Gasteiger partial charge in [-0.05, 0) is 12.6 Å². The number of likely N-dealkylation sites (N-methyl/N-ethyl adjacent to an activating group) is 1. The van der Waals surface area contributed by atoms with Crippen LogP contribution in [0.3, 0.4) is 0 Å². The summed E-state index contributed by atoms with van der Waals surface area (Å²) in [7, 11) is 1.82. The average Bonchev–Trinajstić information content (AvgIpc) is 2.06. The third-order valence-electron chi connectivity index (χ3n) is 1.60. The van der Waals surface area contributed by atoms with Crippen LogP contribution < -0.4 is 5.32 Å². The van der Waals surface area contributed by atoms with E-state index in [9.17, 15) is 5.11 Å². The van der Waals surface area contributed by atoms with Crippen LogP contribution in [-0.4, -0.2) is 24.8 Å². The second kappa shape index (κ2) is 4.91. The molecule has 0 aliphatic rings. The summed E-state index contributed by atoms with van der Waals surface area (Å²) in [4.78, 5) is 0. The first-order chi connectivity index (χ1) is 5.83. The first kappa shape index (κ1) is 9.23. The van der Waals surface area contributed by atoms with E-state index in [1.807, 2.05) is 43.8 Å². The zero-order chi connectivity index (χ0) is 8.81. The van der Waals surface area contributed by atoms with Crippen LogP contribution in [0.1, 0.15) is 5.56 Å². The molecule has 65 valence electrons. The summed E-state index contributed by atoms with van der Waals surface area (Å²) in [5.74, 6) is 0. The highest BCUT2D eigenvalue weighted by Crippen LogP contribution is 2.04. The summed E-state index contributed by atoms with van der Waals surface area (Å²) in [6.45, 7) is 0.592. The summed E-state index contributed by atoms with van der Waals surface area (Å²) in [6, 6.07) is 9.81. The van der Waals surface area contributed by atoms with Gasteiger partial charge in [0.2, 0.25) is 0 Å². The molecule has 2 heteroatoms. The minimum Gasteiger partial charge on any atom is -0.391 e. The molecule has 1 atom stereocenters. The highest BCUT2D eigenvalue weighted by molar-refractivity contribution is 5.23. The van der Waals surface area contributed by atoms with E-state index in [2.05, 4.69) is 5.32 Å². The monoisotopic (exact) mass is 164 g/mol. The number of hydrogen-bond acceptors (Lipinski definition) is 2. The van der Waals surface area contributed by atoms with Crippen LogP contribution in [0.4, 0.5) is 0 Å². The molecule has 12 heavy (non-hydrogen) atoms. The molecule has 0 spiro atoms. The van der Waals surface area contributed by atoms with Crippen molar-refractivity contribution in [1.82, 2.24) is 5.32 Å². The minimum atomic E-state index is -0.405. The minimum absolute atomic E-state index is 0.405. The van der Waals surface area contributed by atoms with Crippen LogP contribution in [0.2, 0.25) is 0 Å². The second-order valence-electron chi connectivity index (χ2n) is 2.70. The van der Waals surface area contributed by atoms with Gasteiger partial charge < -0.3 is 10.4 Å². The van der Waals surface area contributed by atoms with Gasteiger partial charge in [0.15, 0.2) is 0 Å². The highest BCUT2D eigenvalue weighted by atomic mass is 16.3. The number of hydrogen-bond donors (Lipinski definition) is 2. The van der Waals surface area contributed by atoms with Gasteiger partial charge in [-0.25, -0.2) is 0 Å². The van der Waals surface area contributed by atoms with Crippen molar-refractivity contribution in [2.75, 3.05) is 13.6 Å². The third kappa shape index (κ3) is 3.03. The number of nitrogens with one attached hydrogen (secondary N) is 1. The van der Waals surface area contributed by atoms with E-state index in [-0.39, 0.29) is 0 Å². The second-order valence-corrected chi connectivity index (χ2v) is 2.70. The summed E-state index contributed by atoms with van der Waals surface area (Å²) >= 11 is 0. The van der Waals surface area contributed by atoms with Crippen LogP contribution in [-0.2, 0) is 0 Å². The first-order valence-electron chi connectivity index (χ1n) is 4.05. The number of benzene rings is 1. The van der Waals surface area contributed by atoms with Crippen LogP contribution in [0, 0.1) is 6.42 Å². The van der Waals surface area contributed by atoms with E-state index in [0.717, 1.165) is 5.56 Å². The summed E-state index contributed by atoms with van der Waals surface area (Å²) in [5.41, 5.74) is 1.06. The van der Waals surface area contributed by atoms with Gasteiger partial charge >= 0.3 is 0 Å². The lowest BCUT2D eigenvalue weighted by Crippen LogP contribution is -2.23. The molecular weight excluding hydrogens is 150 g/mol. The van der Waals surface area contributed by atoms with Gasteiger partial charge in [0.05, 0.1) is 6.10 Å². The Morgan fingerprint density at radius 2 is 2.08 bits per heavy atom. The molecular formula is C10H14NO. The predicted molar refractivity (Wildman–Crippen MR) is 49.8 cm³/mol. The SMILES string of the molecule is CNCC(O)[CH]c1ccccc1. The maximum Gasteiger partial charge on any atom is 0.0739 e. The van der Waals surface area contributed by atoms with Crippen LogP contribution in [0.5, 0.6) is 0 Å². The lowest BCUT2D eigenvalue weighted by molar-refractivity contribution is 0.209. The molecule has 1 aromatic carbocycles. The van der Waals surface area contributed by atoms with Gasteiger partial charge in [0, 0.05) is 13.0 Å². The van der Waals surface area contributed by atoms with Crippen molar-refractivity contribution in [2.45, 2.75) is 6.10 Å². The van der Waals surface area contributed by atoms with Crippen molar-refractivity contribution >= 4 is 0 Å². The number of aliphatic hydroxyl groups is 1. The van der Waals surface area contributed by atoms with Gasteiger partial charge in [-0.2, -0.15) is 0 Å². The molecule has 0 aliphatic heterocycles. The summed E-state index contributed by atoms with van der Waals surface area (Å²) < 4.78 is 0. The van der Waals surface area contributed by atoms with Crippen LogP contribution in [0.15, 0.2) is 30.3 Å². The fraction of sp³-hybridized carbons (Fsp3) is 0.300. The Kier molecular flexibility index (Phi) is 3.77. The predicted octanol–water partition coefficient (Wildman–Crippen LogP) is 0.819. The van der Waals surface area contributed by atoms with E-state index in [4.69, 9.17) is 0 Å². The van der Waals surface area contributed by atoms with E-state index < -0.39 is 6.10 Å². The highest BCUT2D eigenvalue weighted by Gasteiger charge is 2.02. The molecule has 0 saturated heterocycles. The fourth-order valence-corrected chi connectivity index (χ4v) is 1.05. The largest absolute Gasteiger partial charge is 0.391 e. The third-order valence-corrected chi connectivity index (χ3v) is 1.60. The van der Waals surface area contributed by atoms with Crippen LogP contribution >= 0.6 is 0 Å². The number of rotatable bonds is 4. The zero-order valence-electron chi connectivity index (χ0n) is 7.20. The standard InChI is InChI=1S/C10H14NO/c1-11-8-10(12)7-9-5-3-2-4-6-9/h2-7,10-12H,8H2,1H3. The van der Waals surface area contributed by atoms with Crippen molar-refractivity contribution in [3.05, 3.63) is 42.3 Å². The average molecular weight is 164 g/mol. The van der Waals surface area contributed by atoms with E-state index in [1.165, 1.54) is 0 Å². The molecule has 0 aliphatic carbocycles. The van der Waals surface area contributed by atoms with E-state index in [1.54, 1.807) is 0 Å².